The van der Waals surface area contributed by atoms with Gasteiger partial charge in [0.1, 0.15) is 12.6 Å². The molecule has 170 valence electrons. The van der Waals surface area contributed by atoms with Gasteiger partial charge in [-0.25, -0.2) is 0 Å². The van der Waals surface area contributed by atoms with Crippen LogP contribution in [0.4, 0.5) is 24.5 Å². The van der Waals surface area contributed by atoms with Crippen LogP contribution >= 0.6 is 11.6 Å². The summed E-state index contributed by atoms with van der Waals surface area (Å²) in [6, 6.07) is 6.52. The molecule has 0 radical (unpaired) electrons. The molecule has 0 saturated heterocycles. The van der Waals surface area contributed by atoms with Crippen molar-refractivity contribution in [3.8, 4) is 0 Å². The van der Waals surface area contributed by atoms with Crippen molar-refractivity contribution in [2.24, 2.45) is 0 Å². The molecule has 32 heavy (non-hydrogen) atoms. The Morgan fingerprint density at radius 1 is 1.12 bits per heavy atom. The first-order valence-corrected chi connectivity index (χ1v) is 9.85. The molecule has 0 bridgehead atoms. The lowest BCUT2D eigenvalue weighted by Crippen LogP contribution is -2.25. The van der Waals surface area contributed by atoms with Crippen LogP contribution in [0.15, 0.2) is 36.5 Å². The third kappa shape index (κ3) is 5.47. The first-order chi connectivity index (χ1) is 14.9. The van der Waals surface area contributed by atoms with Gasteiger partial charge >= 0.3 is 6.18 Å². The van der Waals surface area contributed by atoms with E-state index < -0.39 is 30.4 Å². The Balaban J connectivity index is 1.62. The molecule has 1 atom stereocenters. The molecule has 2 aromatic heterocycles. The minimum Gasteiger partial charge on any atom is -0.324 e. The number of nitrogens with zero attached hydrogens (tertiary/aromatic N) is 4. The lowest BCUT2D eigenvalue weighted by atomic mass is 10.2. The first-order valence-electron chi connectivity index (χ1n) is 9.47. The van der Waals surface area contributed by atoms with Crippen LogP contribution in [0.5, 0.6) is 0 Å². The molecule has 0 fully saturated rings. The highest BCUT2D eigenvalue weighted by molar-refractivity contribution is 6.34. The monoisotopic (exact) mass is 468 g/mol. The van der Waals surface area contributed by atoms with Crippen LogP contribution in [-0.2, 0) is 22.3 Å². The van der Waals surface area contributed by atoms with Crippen LogP contribution in [0.2, 0.25) is 5.02 Å². The number of halogens is 4. The summed E-state index contributed by atoms with van der Waals surface area (Å²) < 4.78 is 40.3. The second-order valence-electron chi connectivity index (χ2n) is 7.18. The lowest BCUT2D eigenvalue weighted by Gasteiger charge is -2.16. The third-order valence-corrected chi connectivity index (χ3v) is 4.85. The Bertz CT molecular complexity index is 1150. The maximum absolute atomic E-state index is 12.6. The Kier molecular flexibility index (Phi) is 6.58. The molecule has 12 heteroatoms. The van der Waals surface area contributed by atoms with Gasteiger partial charge in [0, 0.05) is 17.6 Å². The van der Waals surface area contributed by atoms with E-state index in [1.54, 1.807) is 11.6 Å². The highest BCUT2D eigenvalue weighted by Crippen LogP contribution is 2.28. The first kappa shape index (κ1) is 23.3. The molecule has 2 amide bonds. The highest BCUT2D eigenvalue weighted by atomic mass is 35.5. The van der Waals surface area contributed by atoms with E-state index >= 15 is 0 Å². The van der Waals surface area contributed by atoms with Gasteiger partial charge in [0.05, 0.1) is 16.4 Å². The van der Waals surface area contributed by atoms with Crippen LogP contribution in [-0.4, -0.2) is 31.4 Å². The fraction of sp³-hybridized carbons (Fsp3) is 0.300. The van der Waals surface area contributed by atoms with Crippen molar-refractivity contribution in [1.82, 2.24) is 19.6 Å². The van der Waals surface area contributed by atoms with Crippen molar-refractivity contribution in [3.63, 3.8) is 0 Å². The fourth-order valence-electron chi connectivity index (χ4n) is 3.03. The zero-order valence-electron chi connectivity index (χ0n) is 17.4. The molecule has 1 unspecified atom stereocenters. The summed E-state index contributed by atoms with van der Waals surface area (Å²) in [5.41, 5.74) is 1.21. The Morgan fingerprint density at radius 3 is 2.41 bits per heavy atom. The number of rotatable bonds is 6. The number of hydrogen-bond acceptors (Lipinski definition) is 4. The number of carbonyl (C=O) groups is 2. The molecule has 3 aromatic rings. The lowest BCUT2D eigenvalue weighted by molar-refractivity contribution is -0.141. The second kappa shape index (κ2) is 9.03. The number of hydrogen-bond donors (Lipinski definition) is 2. The third-order valence-electron chi connectivity index (χ3n) is 4.54. The van der Waals surface area contributed by atoms with Crippen molar-refractivity contribution in [3.05, 3.63) is 58.6 Å². The predicted molar refractivity (Wildman–Crippen MR) is 112 cm³/mol. The zero-order chi connectivity index (χ0) is 23.6. The summed E-state index contributed by atoms with van der Waals surface area (Å²) in [6.07, 6.45) is -3.51. The van der Waals surface area contributed by atoms with E-state index in [2.05, 4.69) is 20.8 Å². The number of alkyl halides is 3. The minimum absolute atomic E-state index is 0.176. The average molecular weight is 469 g/mol. The van der Waals surface area contributed by atoms with E-state index in [9.17, 15) is 22.8 Å². The van der Waals surface area contributed by atoms with Gasteiger partial charge in [-0.1, -0.05) is 11.6 Å². The molecule has 2 N–H and O–H groups in total. The van der Waals surface area contributed by atoms with Gasteiger partial charge in [-0.15, -0.1) is 0 Å². The number of carbonyl (C=O) groups excluding carboxylic acids is 2. The van der Waals surface area contributed by atoms with E-state index in [4.69, 9.17) is 11.6 Å². The molecule has 0 aliphatic heterocycles. The number of aromatic nitrogens is 4. The summed E-state index contributed by atoms with van der Waals surface area (Å²) in [5.74, 6) is -0.915. The van der Waals surface area contributed by atoms with E-state index in [1.165, 1.54) is 18.2 Å². The molecule has 0 spiro atoms. The van der Waals surface area contributed by atoms with Crippen molar-refractivity contribution in [2.75, 3.05) is 10.6 Å². The van der Waals surface area contributed by atoms with Gasteiger partial charge in [-0.05, 0) is 51.1 Å². The van der Waals surface area contributed by atoms with E-state index in [1.807, 2.05) is 19.9 Å². The number of anilines is 2. The quantitative estimate of drug-likeness (QED) is 0.566. The van der Waals surface area contributed by atoms with E-state index in [0.29, 0.717) is 11.4 Å². The van der Waals surface area contributed by atoms with Crippen LogP contribution in [0.25, 0.3) is 0 Å². The number of amides is 2. The smallest absolute Gasteiger partial charge is 0.324 e. The van der Waals surface area contributed by atoms with Crippen LogP contribution in [0.3, 0.4) is 0 Å². The van der Waals surface area contributed by atoms with Gasteiger partial charge in [-0.3, -0.25) is 19.0 Å². The summed E-state index contributed by atoms with van der Waals surface area (Å²) in [7, 11) is 0. The summed E-state index contributed by atoms with van der Waals surface area (Å²) in [4.78, 5) is 24.7. The Morgan fingerprint density at radius 2 is 1.84 bits per heavy atom. The second-order valence-corrected chi connectivity index (χ2v) is 7.58. The maximum atomic E-state index is 12.6. The van der Waals surface area contributed by atoms with E-state index in [-0.39, 0.29) is 10.9 Å². The standard InChI is InChI=1S/C20H20ClF3N6O2/c1-11-8-12(2)30(27-11)13(3)19(32)26-16-5-4-14(9-15(16)21)25-18(31)10-29-7-6-17(28-29)20(22,23)24/h4-9,13H,10H2,1-3H3,(H,25,31)(H,26,32). The van der Waals surface area contributed by atoms with Crippen LogP contribution in [0, 0.1) is 13.8 Å². The van der Waals surface area contributed by atoms with Gasteiger partial charge in [-0.2, -0.15) is 23.4 Å². The molecule has 0 saturated carbocycles. The molecular formula is C20H20ClF3N6O2. The predicted octanol–water partition coefficient (Wildman–Crippen LogP) is 4.21. The SMILES string of the molecule is Cc1cc(C)n(C(C)C(=O)Nc2ccc(NC(=O)Cn3ccc(C(F)(F)F)n3)cc2Cl)n1. The molecular weight excluding hydrogens is 449 g/mol. The largest absolute Gasteiger partial charge is 0.435 e. The molecule has 8 nitrogen and oxygen atoms in total. The maximum Gasteiger partial charge on any atom is 0.435 e. The van der Waals surface area contributed by atoms with Crippen molar-refractivity contribution >= 4 is 34.8 Å². The van der Waals surface area contributed by atoms with Crippen molar-refractivity contribution in [2.45, 2.75) is 39.5 Å². The molecule has 0 aliphatic rings. The van der Waals surface area contributed by atoms with Gasteiger partial charge in [0.2, 0.25) is 11.8 Å². The number of nitrogens with one attached hydrogen (secondary N) is 2. The summed E-state index contributed by atoms with van der Waals surface area (Å²) in [6.45, 7) is 4.98. The van der Waals surface area contributed by atoms with Crippen molar-refractivity contribution in [1.29, 1.82) is 0 Å². The van der Waals surface area contributed by atoms with Crippen LogP contribution < -0.4 is 10.6 Å². The Labute approximate surface area is 186 Å². The summed E-state index contributed by atoms with van der Waals surface area (Å²) in [5, 5.41) is 13.0. The highest BCUT2D eigenvalue weighted by Gasteiger charge is 2.33. The minimum atomic E-state index is -4.58. The van der Waals surface area contributed by atoms with Crippen LogP contribution in [0.1, 0.15) is 30.0 Å². The normalized spacial score (nSPS) is 12.5. The van der Waals surface area contributed by atoms with Gasteiger partial charge in [0.15, 0.2) is 5.69 Å². The topological polar surface area (TPSA) is 93.8 Å². The average Bonchev–Trinajstić information content (AvgIpc) is 3.29. The Hall–Kier alpha value is -3.34. The number of benzene rings is 1. The zero-order valence-corrected chi connectivity index (χ0v) is 18.1. The van der Waals surface area contributed by atoms with E-state index in [0.717, 1.165) is 28.3 Å². The van der Waals surface area contributed by atoms with Crippen molar-refractivity contribution < 1.29 is 22.8 Å². The molecule has 1 aromatic carbocycles. The molecule has 3 rings (SSSR count). The summed E-state index contributed by atoms with van der Waals surface area (Å²) >= 11 is 6.23. The molecule has 0 aliphatic carbocycles. The van der Waals surface area contributed by atoms with Gasteiger partial charge in [0.25, 0.3) is 0 Å². The number of aryl methyl sites for hydroxylation is 2. The van der Waals surface area contributed by atoms with Gasteiger partial charge < -0.3 is 10.6 Å². The fourth-order valence-corrected chi connectivity index (χ4v) is 3.26. The molecule has 2 heterocycles.